The lowest BCUT2D eigenvalue weighted by Gasteiger charge is -2.21. The number of aromatic nitrogens is 1. The van der Waals surface area contributed by atoms with Gasteiger partial charge < -0.3 is 14.4 Å². The van der Waals surface area contributed by atoms with Crippen molar-refractivity contribution in [3.63, 3.8) is 0 Å². The zero-order valence-corrected chi connectivity index (χ0v) is 17.5. The number of benzene rings is 1. The zero-order valence-electron chi connectivity index (χ0n) is 16.7. The Balaban J connectivity index is 1.45. The summed E-state index contributed by atoms with van der Waals surface area (Å²) in [6.07, 6.45) is 3.03. The first-order chi connectivity index (χ1) is 14.1. The number of nitriles is 1. The molecule has 1 aromatic carbocycles. The molecule has 0 unspecified atom stereocenters. The van der Waals surface area contributed by atoms with Crippen LogP contribution in [-0.2, 0) is 24.2 Å². The Morgan fingerprint density at radius 3 is 2.93 bits per heavy atom. The second-order valence-corrected chi connectivity index (χ2v) is 8.16. The Morgan fingerprint density at radius 2 is 2.14 bits per heavy atom. The van der Waals surface area contributed by atoms with Crippen LogP contribution >= 0.6 is 11.8 Å². The normalized spacial score (nSPS) is 13.8. The number of aryl methyl sites for hydroxylation is 1. The summed E-state index contributed by atoms with van der Waals surface area (Å²) < 4.78 is 10.8. The minimum atomic E-state index is 0.0269. The number of rotatable bonds is 6. The van der Waals surface area contributed by atoms with Crippen LogP contribution in [0.15, 0.2) is 23.2 Å². The third-order valence-electron chi connectivity index (χ3n) is 5.46. The molecule has 0 saturated heterocycles. The van der Waals surface area contributed by atoms with Gasteiger partial charge in [-0.1, -0.05) is 17.8 Å². The summed E-state index contributed by atoms with van der Waals surface area (Å²) in [4.78, 5) is 19.3. The average Bonchev–Trinajstić information content (AvgIpc) is 3.39. The number of carbonyl (C=O) groups excluding carboxylic acids is 1. The SMILES string of the molecule is CCN(Cc1ccc2c(c1)OCO2)C(=O)CSc1nc2c(c(C)c1C#N)CCC2. The number of hydrogen-bond acceptors (Lipinski definition) is 6. The van der Waals surface area contributed by atoms with Crippen LogP contribution in [0, 0.1) is 18.3 Å². The van der Waals surface area contributed by atoms with E-state index in [1.807, 2.05) is 32.0 Å². The number of ether oxygens (including phenoxy) is 2. The summed E-state index contributed by atoms with van der Waals surface area (Å²) in [5.41, 5.74) is 4.94. The molecule has 1 aromatic heterocycles. The van der Waals surface area contributed by atoms with E-state index >= 15 is 0 Å². The molecule has 2 aliphatic rings. The van der Waals surface area contributed by atoms with Crippen LogP contribution in [0.2, 0.25) is 0 Å². The molecule has 2 heterocycles. The van der Waals surface area contributed by atoms with Gasteiger partial charge in [0.1, 0.15) is 11.1 Å². The maximum absolute atomic E-state index is 12.8. The van der Waals surface area contributed by atoms with Crippen LogP contribution in [0.3, 0.4) is 0 Å². The molecule has 1 amide bonds. The van der Waals surface area contributed by atoms with E-state index in [0.29, 0.717) is 23.7 Å². The van der Waals surface area contributed by atoms with Gasteiger partial charge in [0.05, 0.1) is 11.3 Å². The maximum atomic E-state index is 12.8. The van der Waals surface area contributed by atoms with Crippen molar-refractivity contribution in [1.82, 2.24) is 9.88 Å². The molecule has 0 atom stereocenters. The lowest BCUT2D eigenvalue weighted by molar-refractivity contribution is -0.128. The zero-order chi connectivity index (χ0) is 20.4. The number of carbonyl (C=O) groups is 1. The Bertz CT molecular complexity index is 1000. The summed E-state index contributed by atoms with van der Waals surface area (Å²) in [7, 11) is 0. The second-order valence-electron chi connectivity index (χ2n) is 7.19. The number of nitrogens with zero attached hydrogens (tertiary/aromatic N) is 3. The second kappa shape index (κ2) is 8.34. The third-order valence-corrected chi connectivity index (χ3v) is 6.42. The minimum absolute atomic E-state index is 0.0269. The summed E-state index contributed by atoms with van der Waals surface area (Å²) in [5, 5.41) is 10.3. The van der Waals surface area contributed by atoms with Gasteiger partial charge in [-0.3, -0.25) is 4.79 Å². The summed E-state index contributed by atoms with van der Waals surface area (Å²) in [6, 6.07) is 8.04. The molecule has 4 rings (SSSR count). The molecule has 1 aliphatic heterocycles. The van der Waals surface area contributed by atoms with Crippen LogP contribution in [0.5, 0.6) is 11.5 Å². The van der Waals surface area contributed by atoms with E-state index in [4.69, 9.17) is 14.5 Å². The number of fused-ring (bicyclic) bond motifs is 2. The maximum Gasteiger partial charge on any atom is 0.233 e. The molecule has 0 fully saturated rings. The third kappa shape index (κ3) is 3.90. The van der Waals surface area contributed by atoms with Gasteiger partial charge in [0, 0.05) is 18.8 Å². The first-order valence-corrected chi connectivity index (χ1v) is 10.8. The van der Waals surface area contributed by atoms with E-state index in [1.54, 1.807) is 4.90 Å². The Labute approximate surface area is 174 Å². The van der Waals surface area contributed by atoms with Gasteiger partial charge in [-0.25, -0.2) is 4.98 Å². The minimum Gasteiger partial charge on any atom is -0.454 e. The molecule has 0 spiro atoms. The lowest BCUT2D eigenvalue weighted by Crippen LogP contribution is -2.31. The van der Waals surface area contributed by atoms with E-state index in [2.05, 4.69) is 6.07 Å². The van der Waals surface area contributed by atoms with Gasteiger partial charge in [-0.15, -0.1) is 0 Å². The van der Waals surface area contributed by atoms with Crippen molar-refractivity contribution in [3.05, 3.63) is 46.1 Å². The first kappa shape index (κ1) is 19.6. The Hall–Kier alpha value is -2.72. The number of amides is 1. The van der Waals surface area contributed by atoms with Crippen LogP contribution < -0.4 is 9.47 Å². The highest BCUT2D eigenvalue weighted by atomic mass is 32.2. The molecule has 150 valence electrons. The Kier molecular flexibility index (Phi) is 5.63. The van der Waals surface area contributed by atoms with E-state index in [1.165, 1.54) is 17.3 Å². The predicted molar refractivity (Wildman–Crippen MR) is 110 cm³/mol. The summed E-state index contributed by atoms with van der Waals surface area (Å²) in [6.45, 7) is 5.31. The smallest absolute Gasteiger partial charge is 0.233 e. The summed E-state index contributed by atoms with van der Waals surface area (Å²) in [5.74, 6) is 1.75. The van der Waals surface area contributed by atoms with Crippen molar-refractivity contribution in [2.75, 3.05) is 19.1 Å². The predicted octanol–water partition coefficient (Wildman–Crippen LogP) is 3.62. The standard InChI is InChI=1S/C22H23N3O3S/c1-3-25(11-15-7-8-19-20(9-15)28-13-27-19)21(26)12-29-22-17(10-23)14(2)16-5-4-6-18(16)24-22/h7-9H,3-6,11-13H2,1-2H3. The quantitative estimate of drug-likeness (QED) is 0.679. The molecule has 1 aliphatic carbocycles. The Morgan fingerprint density at radius 1 is 1.31 bits per heavy atom. The van der Waals surface area contributed by atoms with Gasteiger partial charge in [0.15, 0.2) is 11.5 Å². The molecule has 2 aromatic rings. The molecule has 6 nitrogen and oxygen atoms in total. The van der Waals surface area contributed by atoms with Crippen LogP contribution in [0.25, 0.3) is 0 Å². The monoisotopic (exact) mass is 409 g/mol. The number of pyridine rings is 1. The van der Waals surface area contributed by atoms with Crippen molar-refractivity contribution in [3.8, 4) is 17.6 Å². The molecule has 29 heavy (non-hydrogen) atoms. The van der Waals surface area contributed by atoms with Crippen molar-refractivity contribution >= 4 is 17.7 Å². The highest BCUT2D eigenvalue weighted by Crippen LogP contribution is 2.33. The van der Waals surface area contributed by atoms with Crippen molar-refractivity contribution in [2.45, 2.75) is 44.7 Å². The summed E-state index contributed by atoms with van der Waals surface area (Å²) >= 11 is 1.36. The topological polar surface area (TPSA) is 75.5 Å². The van der Waals surface area contributed by atoms with E-state index in [-0.39, 0.29) is 18.5 Å². The van der Waals surface area contributed by atoms with Crippen molar-refractivity contribution in [2.24, 2.45) is 0 Å². The van der Waals surface area contributed by atoms with Crippen LogP contribution in [0.1, 0.15) is 41.3 Å². The molecule has 0 radical (unpaired) electrons. The van der Waals surface area contributed by atoms with Crippen molar-refractivity contribution < 1.29 is 14.3 Å². The van der Waals surface area contributed by atoms with Crippen molar-refractivity contribution in [1.29, 1.82) is 5.26 Å². The fourth-order valence-corrected chi connectivity index (χ4v) is 4.80. The molecule has 0 saturated carbocycles. The van der Waals surface area contributed by atoms with Gasteiger partial charge >= 0.3 is 0 Å². The van der Waals surface area contributed by atoms with Gasteiger partial charge in [0.2, 0.25) is 12.7 Å². The van der Waals surface area contributed by atoms with E-state index in [9.17, 15) is 10.1 Å². The molecular weight excluding hydrogens is 386 g/mol. The molecule has 7 heteroatoms. The molecule has 0 bridgehead atoms. The van der Waals surface area contributed by atoms with Crippen LogP contribution in [0.4, 0.5) is 0 Å². The fourth-order valence-electron chi connectivity index (χ4n) is 3.84. The molecular formula is C22H23N3O3S. The number of hydrogen-bond donors (Lipinski definition) is 0. The highest BCUT2D eigenvalue weighted by Gasteiger charge is 2.22. The average molecular weight is 410 g/mol. The van der Waals surface area contributed by atoms with E-state index in [0.717, 1.165) is 47.6 Å². The largest absolute Gasteiger partial charge is 0.454 e. The van der Waals surface area contributed by atoms with Gasteiger partial charge in [0.25, 0.3) is 0 Å². The van der Waals surface area contributed by atoms with Gasteiger partial charge in [-0.2, -0.15) is 5.26 Å². The molecule has 0 N–H and O–H groups in total. The van der Waals surface area contributed by atoms with Gasteiger partial charge in [-0.05, 0) is 61.9 Å². The highest BCUT2D eigenvalue weighted by molar-refractivity contribution is 8.00. The number of thioether (sulfide) groups is 1. The van der Waals surface area contributed by atoms with Crippen LogP contribution in [-0.4, -0.2) is 34.9 Å². The van der Waals surface area contributed by atoms with E-state index < -0.39 is 0 Å². The first-order valence-electron chi connectivity index (χ1n) is 9.82. The lowest BCUT2D eigenvalue weighted by atomic mass is 10.0. The fraction of sp³-hybridized carbons (Fsp3) is 0.409.